The summed E-state index contributed by atoms with van der Waals surface area (Å²) in [5.74, 6) is 0. The first-order valence-electron chi connectivity index (χ1n) is 10.8. The second kappa shape index (κ2) is 6.24. The van der Waals surface area contributed by atoms with Crippen LogP contribution in [-0.2, 0) is 5.41 Å². The van der Waals surface area contributed by atoms with E-state index in [1.54, 1.807) is 6.33 Å². The van der Waals surface area contributed by atoms with E-state index in [0.717, 1.165) is 17.0 Å². The second-order valence-electron chi connectivity index (χ2n) is 9.28. The first-order valence-corrected chi connectivity index (χ1v) is 10.8. The first-order chi connectivity index (χ1) is 14.9. The molecule has 0 atom stereocenters. The van der Waals surface area contributed by atoms with Gasteiger partial charge in [0.05, 0.1) is 11.4 Å². The molecule has 1 aromatic heterocycles. The Bertz CT molecular complexity index is 1530. The first kappa shape index (κ1) is 18.3. The Morgan fingerprint density at radius 3 is 2.23 bits per heavy atom. The van der Waals surface area contributed by atoms with Crippen molar-refractivity contribution in [3.8, 4) is 22.5 Å². The van der Waals surface area contributed by atoms with Crippen LogP contribution in [-0.4, -0.2) is 9.97 Å². The lowest BCUT2D eigenvalue weighted by Crippen LogP contribution is -2.17. The Hall–Kier alpha value is -3.52. The van der Waals surface area contributed by atoms with Crippen molar-refractivity contribution in [2.24, 2.45) is 0 Å². The van der Waals surface area contributed by atoms with Gasteiger partial charge in [0.1, 0.15) is 6.33 Å². The molecule has 0 amide bonds. The van der Waals surface area contributed by atoms with Gasteiger partial charge >= 0.3 is 0 Å². The Kier molecular flexibility index (Phi) is 3.68. The highest BCUT2D eigenvalue weighted by atomic mass is 14.9. The largest absolute Gasteiger partial charge is 0.236 e. The summed E-state index contributed by atoms with van der Waals surface area (Å²) in [7, 11) is 0. The molecule has 0 bridgehead atoms. The van der Waals surface area contributed by atoms with E-state index in [2.05, 4.69) is 94.4 Å². The van der Waals surface area contributed by atoms with Gasteiger partial charge in [-0.1, -0.05) is 74.5 Å². The van der Waals surface area contributed by atoms with Crippen LogP contribution in [0.25, 0.3) is 44.1 Å². The fraction of sp³-hybridized carbons (Fsp3) is 0.172. The number of aromatic nitrogens is 2. The van der Waals surface area contributed by atoms with Gasteiger partial charge < -0.3 is 0 Å². The Labute approximate surface area is 182 Å². The van der Waals surface area contributed by atoms with Gasteiger partial charge in [-0.25, -0.2) is 9.97 Å². The van der Waals surface area contributed by atoms with Crippen LogP contribution in [0.5, 0.6) is 0 Å². The smallest absolute Gasteiger partial charge is 0.116 e. The minimum Gasteiger partial charge on any atom is -0.236 e. The highest BCUT2D eigenvalue weighted by Crippen LogP contribution is 2.53. The molecular formula is C29H24N2. The molecule has 6 rings (SSSR count). The van der Waals surface area contributed by atoms with E-state index in [-0.39, 0.29) is 5.41 Å². The molecule has 1 aliphatic carbocycles. The minimum absolute atomic E-state index is 0.167. The molecule has 150 valence electrons. The summed E-state index contributed by atoms with van der Waals surface area (Å²) < 4.78 is 0. The molecule has 5 aromatic rings. The maximum absolute atomic E-state index is 4.84. The number of aryl methyl sites for hydroxylation is 2. The number of hydrogen-bond acceptors (Lipinski definition) is 2. The lowest BCUT2D eigenvalue weighted by atomic mass is 9.80. The van der Waals surface area contributed by atoms with E-state index in [4.69, 9.17) is 9.97 Å². The summed E-state index contributed by atoms with van der Waals surface area (Å²) in [4.78, 5) is 9.64. The van der Waals surface area contributed by atoms with Crippen molar-refractivity contribution in [1.29, 1.82) is 0 Å². The second-order valence-corrected chi connectivity index (χ2v) is 9.28. The zero-order valence-corrected chi connectivity index (χ0v) is 18.3. The van der Waals surface area contributed by atoms with Crippen LogP contribution in [0.3, 0.4) is 0 Å². The molecule has 0 radical (unpaired) electrons. The van der Waals surface area contributed by atoms with Crippen molar-refractivity contribution in [2.75, 3.05) is 0 Å². The number of fused-ring (bicyclic) bond motifs is 6. The summed E-state index contributed by atoms with van der Waals surface area (Å²) in [6.07, 6.45) is 1.73. The highest BCUT2D eigenvalue weighted by molar-refractivity contribution is 6.03. The third-order valence-electron chi connectivity index (χ3n) is 7.04. The van der Waals surface area contributed by atoms with Gasteiger partial charge in [-0.15, -0.1) is 0 Å². The average Bonchev–Trinajstić information content (AvgIpc) is 3.02. The van der Waals surface area contributed by atoms with Gasteiger partial charge in [0.25, 0.3) is 0 Å². The number of rotatable bonds is 1. The SMILES string of the molecule is Cc1cc2ccc3c(c2cc1C)-c1ncnc(-c2ccc4ccccc4c2)c1C3(C)C. The molecule has 0 saturated heterocycles. The predicted octanol–water partition coefficient (Wildman–Crippen LogP) is 7.37. The molecule has 0 saturated carbocycles. The molecule has 0 aliphatic heterocycles. The maximum atomic E-state index is 4.84. The molecule has 1 heterocycles. The van der Waals surface area contributed by atoms with Crippen LogP contribution in [0.15, 0.2) is 73.1 Å². The van der Waals surface area contributed by atoms with Crippen molar-refractivity contribution in [3.05, 3.63) is 95.3 Å². The van der Waals surface area contributed by atoms with Crippen molar-refractivity contribution >= 4 is 21.5 Å². The van der Waals surface area contributed by atoms with Gasteiger partial charge in [-0.2, -0.15) is 0 Å². The molecule has 2 heteroatoms. The van der Waals surface area contributed by atoms with Gasteiger partial charge in [0, 0.05) is 22.1 Å². The van der Waals surface area contributed by atoms with Crippen LogP contribution in [0, 0.1) is 13.8 Å². The fourth-order valence-corrected chi connectivity index (χ4v) is 5.23. The zero-order valence-electron chi connectivity index (χ0n) is 18.3. The topological polar surface area (TPSA) is 25.8 Å². The Morgan fingerprint density at radius 1 is 0.677 bits per heavy atom. The third-order valence-corrected chi connectivity index (χ3v) is 7.04. The zero-order chi connectivity index (χ0) is 21.3. The summed E-state index contributed by atoms with van der Waals surface area (Å²) in [6.45, 7) is 8.98. The van der Waals surface area contributed by atoms with Gasteiger partial charge in [-0.3, -0.25) is 0 Å². The lowest BCUT2D eigenvalue weighted by molar-refractivity contribution is 0.658. The molecule has 0 spiro atoms. The lowest BCUT2D eigenvalue weighted by Gasteiger charge is -2.23. The molecule has 4 aromatic carbocycles. The van der Waals surface area contributed by atoms with Crippen LogP contribution < -0.4 is 0 Å². The summed E-state index contributed by atoms with van der Waals surface area (Å²) in [5, 5.41) is 5.04. The van der Waals surface area contributed by atoms with Gasteiger partial charge in [-0.05, 0) is 58.1 Å². The van der Waals surface area contributed by atoms with Crippen molar-refractivity contribution < 1.29 is 0 Å². The number of benzene rings is 4. The molecule has 0 unspecified atom stereocenters. The van der Waals surface area contributed by atoms with Crippen molar-refractivity contribution in [1.82, 2.24) is 9.97 Å². The van der Waals surface area contributed by atoms with Crippen LogP contribution >= 0.6 is 0 Å². The summed E-state index contributed by atoms with van der Waals surface area (Å²) >= 11 is 0. The molecule has 0 N–H and O–H groups in total. The average molecular weight is 401 g/mol. The number of hydrogen-bond donors (Lipinski definition) is 0. The number of nitrogens with zero attached hydrogens (tertiary/aromatic N) is 2. The monoisotopic (exact) mass is 400 g/mol. The standard InChI is InChI=1S/C29H24N2/c1-17-13-21-11-12-24-25(23(21)14-18(17)2)28-26(29(24,3)4)27(30-16-31-28)22-10-9-19-7-5-6-8-20(19)15-22/h5-16H,1-4H3. The van der Waals surface area contributed by atoms with Crippen LogP contribution in [0.2, 0.25) is 0 Å². The van der Waals surface area contributed by atoms with E-state index >= 15 is 0 Å². The predicted molar refractivity (Wildman–Crippen MR) is 130 cm³/mol. The van der Waals surface area contributed by atoms with Gasteiger partial charge in [0.15, 0.2) is 0 Å². The van der Waals surface area contributed by atoms with Gasteiger partial charge in [0.2, 0.25) is 0 Å². The van der Waals surface area contributed by atoms with Crippen molar-refractivity contribution in [3.63, 3.8) is 0 Å². The molecule has 31 heavy (non-hydrogen) atoms. The van der Waals surface area contributed by atoms with E-state index < -0.39 is 0 Å². The van der Waals surface area contributed by atoms with Crippen LogP contribution in [0.4, 0.5) is 0 Å². The maximum Gasteiger partial charge on any atom is 0.116 e. The van der Waals surface area contributed by atoms with E-state index in [1.165, 1.54) is 49.4 Å². The van der Waals surface area contributed by atoms with E-state index in [0.29, 0.717) is 0 Å². The van der Waals surface area contributed by atoms with Crippen LogP contribution in [0.1, 0.15) is 36.1 Å². The highest BCUT2D eigenvalue weighted by Gasteiger charge is 2.40. The quantitative estimate of drug-likeness (QED) is 0.293. The molecule has 0 fully saturated rings. The fourth-order valence-electron chi connectivity index (χ4n) is 5.23. The van der Waals surface area contributed by atoms with Crippen molar-refractivity contribution in [2.45, 2.75) is 33.1 Å². The summed E-state index contributed by atoms with van der Waals surface area (Å²) in [5.41, 5.74) is 9.56. The summed E-state index contributed by atoms with van der Waals surface area (Å²) in [6, 6.07) is 24.3. The normalized spacial score (nSPS) is 14.1. The van der Waals surface area contributed by atoms with E-state index in [1.807, 2.05) is 0 Å². The van der Waals surface area contributed by atoms with E-state index in [9.17, 15) is 0 Å². The third kappa shape index (κ3) is 2.51. The Balaban J connectivity index is 1.67. The Morgan fingerprint density at radius 2 is 1.39 bits per heavy atom. The molecular weight excluding hydrogens is 376 g/mol. The molecule has 1 aliphatic rings. The molecule has 2 nitrogen and oxygen atoms in total. The minimum atomic E-state index is -0.167.